The summed E-state index contributed by atoms with van der Waals surface area (Å²) in [5, 5.41) is 18.9. The van der Waals surface area contributed by atoms with Crippen LogP contribution >= 0.6 is 12.4 Å². The fourth-order valence-corrected chi connectivity index (χ4v) is 5.27. The molecular weight excluding hydrogens is 544 g/mol. The van der Waals surface area contributed by atoms with Crippen molar-refractivity contribution in [3.8, 4) is 0 Å². The Balaban J connectivity index is 0.00000588. The lowest BCUT2D eigenvalue weighted by molar-refractivity contribution is -0.154. The molecule has 1 saturated heterocycles. The predicted octanol–water partition coefficient (Wildman–Crippen LogP) is 3.12. The number of nitrogens with two attached hydrogens (primary N) is 1. The second-order valence-corrected chi connectivity index (χ2v) is 12.0. The number of fused-ring (bicyclic) bond motifs is 1. The molecule has 2 aromatic carbocycles. The van der Waals surface area contributed by atoms with Crippen LogP contribution in [0.5, 0.6) is 0 Å². The number of amides is 3. The van der Waals surface area contributed by atoms with Gasteiger partial charge in [0.15, 0.2) is 0 Å². The second-order valence-electron chi connectivity index (χ2n) is 12.0. The van der Waals surface area contributed by atoms with Gasteiger partial charge in [0.1, 0.15) is 17.7 Å². The van der Waals surface area contributed by atoms with E-state index >= 15 is 0 Å². The van der Waals surface area contributed by atoms with E-state index in [-0.39, 0.29) is 37.3 Å². The molecule has 5 N–H and O–H groups in total. The molecule has 228 valence electrons. The van der Waals surface area contributed by atoms with Crippen LogP contribution in [0.2, 0.25) is 0 Å². The minimum atomic E-state index is -1.17. The summed E-state index contributed by atoms with van der Waals surface area (Å²) < 4.78 is 5.33. The van der Waals surface area contributed by atoms with Crippen molar-refractivity contribution in [1.29, 1.82) is 0 Å². The van der Waals surface area contributed by atoms with Crippen LogP contribution in [0.1, 0.15) is 65.4 Å². The monoisotopic (exact) mass is 590 g/mol. The molecule has 0 radical (unpaired) electrons. The quantitative estimate of drug-likeness (QED) is 0.283. The van der Waals surface area contributed by atoms with Crippen molar-refractivity contribution in [3.05, 3.63) is 48.0 Å². The Morgan fingerprint density at radius 1 is 1.10 bits per heavy atom. The normalized spacial score (nSPS) is 19.5. The van der Waals surface area contributed by atoms with Crippen molar-refractivity contribution >= 4 is 40.9 Å². The molecule has 0 spiro atoms. The molecule has 0 bridgehead atoms. The maximum absolute atomic E-state index is 13.6. The number of primary amides is 1. The average molecular weight is 591 g/mol. The fourth-order valence-electron chi connectivity index (χ4n) is 5.27. The van der Waals surface area contributed by atoms with Crippen molar-refractivity contribution in [2.45, 2.75) is 89.6 Å². The highest BCUT2D eigenvalue weighted by atomic mass is 35.5. The summed E-state index contributed by atoms with van der Waals surface area (Å²) in [7, 11) is 1.42. The van der Waals surface area contributed by atoms with Gasteiger partial charge in [-0.2, -0.15) is 0 Å². The molecule has 1 heterocycles. The van der Waals surface area contributed by atoms with E-state index in [1.165, 1.54) is 12.0 Å². The second kappa shape index (κ2) is 15.0. The highest BCUT2D eigenvalue weighted by Gasteiger charge is 2.45. The summed E-state index contributed by atoms with van der Waals surface area (Å²) in [5.74, 6) is -1.45. The first-order valence-electron chi connectivity index (χ1n) is 14.2. The predicted molar refractivity (Wildman–Crippen MR) is 164 cm³/mol. The number of aliphatic hydroxyl groups excluding tert-OH is 1. The molecule has 1 aliphatic heterocycles. The minimum absolute atomic E-state index is 0. The van der Waals surface area contributed by atoms with Crippen molar-refractivity contribution in [2.24, 2.45) is 11.7 Å². The van der Waals surface area contributed by atoms with E-state index in [1.54, 1.807) is 13.8 Å². The van der Waals surface area contributed by atoms with Crippen molar-refractivity contribution in [1.82, 2.24) is 15.5 Å². The molecule has 0 aliphatic carbocycles. The topological polar surface area (TPSA) is 134 Å². The Bertz CT molecular complexity index is 1190. The van der Waals surface area contributed by atoms with Gasteiger partial charge in [0.25, 0.3) is 5.91 Å². The Morgan fingerprint density at radius 2 is 1.76 bits per heavy atom. The minimum Gasteiger partial charge on any atom is -0.391 e. The zero-order chi connectivity index (χ0) is 29.6. The highest BCUT2D eigenvalue weighted by molar-refractivity contribution is 5.94. The number of nitrogens with zero attached hydrogens (tertiary/aromatic N) is 1. The number of β-amino-alcohol motifs (C(OH)–C–C–N with tert-alkyl or cyclic N) is 1. The molecule has 0 aromatic heterocycles. The van der Waals surface area contributed by atoms with E-state index in [2.05, 4.69) is 31.4 Å². The van der Waals surface area contributed by atoms with Gasteiger partial charge in [-0.3, -0.25) is 14.4 Å². The first-order valence-corrected chi connectivity index (χ1v) is 14.2. The lowest BCUT2D eigenvalue weighted by Gasteiger charge is -2.33. The van der Waals surface area contributed by atoms with Crippen LogP contribution in [0, 0.1) is 5.92 Å². The number of rotatable bonds is 13. The van der Waals surface area contributed by atoms with Crippen LogP contribution in [0.3, 0.4) is 0 Å². The van der Waals surface area contributed by atoms with Crippen molar-refractivity contribution in [2.75, 3.05) is 20.2 Å². The van der Waals surface area contributed by atoms with Crippen LogP contribution < -0.4 is 16.4 Å². The Labute approximate surface area is 250 Å². The van der Waals surface area contributed by atoms with Crippen LogP contribution in [-0.2, 0) is 19.1 Å². The lowest BCUT2D eigenvalue weighted by Crippen LogP contribution is -2.56. The van der Waals surface area contributed by atoms with E-state index in [4.69, 9.17) is 10.5 Å². The molecule has 3 amide bonds. The number of aliphatic hydroxyl groups is 1. The SMILES string of the molecule is COC(C)(C)C(=O)N1C[C@H](O)CC1C(=O)NC(C(N)=O)C(CCC(C)NCC(C)C)c1ccc2ccccc2c1.Cl. The maximum atomic E-state index is 13.6. The number of carbonyl (C=O) groups excluding carboxylic acids is 3. The molecule has 1 aliphatic rings. The van der Waals surface area contributed by atoms with Gasteiger partial charge in [0.05, 0.1) is 6.10 Å². The number of hydrogen-bond donors (Lipinski definition) is 4. The molecule has 0 saturated carbocycles. The number of ether oxygens (including phenoxy) is 1. The van der Waals surface area contributed by atoms with E-state index in [0.717, 1.165) is 29.3 Å². The number of halogens is 1. The van der Waals surface area contributed by atoms with Gasteiger partial charge in [0, 0.05) is 32.0 Å². The van der Waals surface area contributed by atoms with Crippen LogP contribution in [0.25, 0.3) is 10.8 Å². The zero-order valence-corrected chi connectivity index (χ0v) is 25.9. The number of nitrogens with one attached hydrogen (secondary N) is 2. The first-order chi connectivity index (χ1) is 18.8. The van der Waals surface area contributed by atoms with Gasteiger partial charge in [-0.1, -0.05) is 56.3 Å². The summed E-state index contributed by atoms with van der Waals surface area (Å²) in [6, 6.07) is 12.3. The molecule has 41 heavy (non-hydrogen) atoms. The summed E-state index contributed by atoms with van der Waals surface area (Å²) in [5.41, 5.74) is 5.67. The van der Waals surface area contributed by atoms with Gasteiger partial charge in [-0.25, -0.2) is 0 Å². The smallest absolute Gasteiger partial charge is 0.254 e. The highest BCUT2D eigenvalue weighted by Crippen LogP contribution is 2.30. The van der Waals surface area contributed by atoms with Crippen molar-refractivity contribution in [3.63, 3.8) is 0 Å². The summed E-state index contributed by atoms with van der Waals surface area (Å²) in [6.45, 7) is 10.5. The molecule has 9 nitrogen and oxygen atoms in total. The largest absolute Gasteiger partial charge is 0.391 e. The third-order valence-corrected chi connectivity index (χ3v) is 7.86. The number of hydrogen-bond acceptors (Lipinski definition) is 6. The number of carbonyl (C=O) groups is 3. The van der Waals surface area contributed by atoms with E-state index in [0.29, 0.717) is 12.3 Å². The Kier molecular flexibility index (Phi) is 12.6. The van der Waals surface area contributed by atoms with Crippen molar-refractivity contribution < 1.29 is 24.2 Å². The molecule has 4 unspecified atom stereocenters. The molecular formula is C31H47ClN4O5. The van der Waals surface area contributed by atoms with E-state index < -0.39 is 41.5 Å². The first kappa shape index (κ1) is 34.5. The molecule has 2 aromatic rings. The standard InChI is InChI=1S/C31H46N4O5.ClH/c1-19(2)17-33-20(3)11-14-25(23-13-12-21-9-7-8-10-22(21)15-23)27(28(32)37)34-29(38)26-16-24(36)18-35(26)30(39)31(4,5)40-6;/h7-10,12-13,15,19-20,24-27,33,36H,11,14,16-18H2,1-6H3,(H2,32,37)(H,34,38);1H/t20?,24-,25?,26?,27?;/m1./s1. The molecule has 1 fully saturated rings. The van der Waals surface area contributed by atoms with Crippen LogP contribution in [-0.4, -0.2) is 77.8 Å². The van der Waals surface area contributed by atoms with Crippen LogP contribution in [0.4, 0.5) is 0 Å². The number of likely N-dealkylation sites (tertiary alicyclic amines) is 1. The Hall–Kier alpha value is -2.72. The van der Waals surface area contributed by atoms with Gasteiger partial charge in [-0.15, -0.1) is 12.4 Å². The summed E-state index contributed by atoms with van der Waals surface area (Å²) in [6.07, 6.45) is 0.576. The van der Waals surface area contributed by atoms with Crippen LogP contribution in [0.15, 0.2) is 42.5 Å². The van der Waals surface area contributed by atoms with Gasteiger partial charge >= 0.3 is 0 Å². The molecule has 3 rings (SSSR count). The average Bonchev–Trinajstić information content (AvgIpc) is 3.31. The van der Waals surface area contributed by atoms with Gasteiger partial charge in [0.2, 0.25) is 11.8 Å². The summed E-state index contributed by atoms with van der Waals surface area (Å²) in [4.78, 5) is 41.0. The zero-order valence-electron chi connectivity index (χ0n) is 25.1. The van der Waals surface area contributed by atoms with Gasteiger partial charge < -0.3 is 31.1 Å². The fraction of sp³-hybridized carbons (Fsp3) is 0.581. The molecule has 5 atom stereocenters. The third-order valence-electron chi connectivity index (χ3n) is 7.86. The lowest BCUT2D eigenvalue weighted by atomic mass is 9.84. The maximum Gasteiger partial charge on any atom is 0.254 e. The third kappa shape index (κ3) is 8.88. The number of methoxy groups -OCH3 is 1. The number of benzene rings is 2. The van der Waals surface area contributed by atoms with Gasteiger partial charge in [-0.05, 0) is 62.4 Å². The van der Waals surface area contributed by atoms with E-state index in [1.807, 2.05) is 42.5 Å². The molecule has 10 heteroatoms. The Morgan fingerprint density at radius 3 is 2.37 bits per heavy atom. The van der Waals surface area contributed by atoms with E-state index in [9.17, 15) is 19.5 Å². The summed E-state index contributed by atoms with van der Waals surface area (Å²) >= 11 is 0.